The van der Waals surface area contributed by atoms with Crippen molar-refractivity contribution in [1.82, 2.24) is 19.9 Å². The molecule has 1 fully saturated rings. The molecule has 1 aromatic carbocycles. The fourth-order valence-electron chi connectivity index (χ4n) is 3.61. The second-order valence-corrected chi connectivity index (χ2v) is 7.34. The number of likely N-dealkylation sites (tertiary alicyclic amines) is 1. The molecule has 8 heteroatoms. The number of hydrogen-bond acceptors (Lipinski definition) is 5. The Kier molecular flexibility index (Phi) is 5.36. The van der Waals surface area contributed by atoms with Gasteiger partial charge in [-0.05, 0) is 29.7 Å². The predicted octanol–water partition coefficient (Wildman–Crippen LogP) is 4.50. The first-order valence-corrected chi connectivity index (χ1v) is 9.67. The van der Waals surface area contributed by atoms with Crippen molar-refractivity contribution >= 4 is 16.9 Å². The number of nitrogens with zero attached hydrogens (tertiary/aromatic N) is 4. The molecular formula is C21H22F3N5. The molecular weight excluding hydrogens is 379 g/mol. The topological polar surface area (TPSA) is 53.9 Å². The van der Waals surface area contributed by atoms with Crippen LogP contribution in [0.15, 0.2) is 42.6 Å². The van der Waals surface area contributed by atoms with Gasteiger partial charge in [-0.1, -0.05) is 31.5 Å². The van der Waals surface area contributed by atoms with Crippen LogP contribution in [0.25, 0.3) is 11.0 Å². The zero-order valence-corrected chi connectivity index (χ0v) is 16.1. The van der Waals surface area contributed by atoms with E-state index in [0.717, 1.165) is 25.6 Å². The van der Waals surface area contributed by atoms with Crippen molar-refractivity contribution in [1.29, 1.82) is 0 Å². The molecule has 0 aliphatic carbocycles. The number of hydrogen-bond donors (Lipinski definition) is 1. The van der Waals surface area contributed by atoms with E-state index < -0.39 is 11.7 Å². The summed E-state index contributed by atoms with van der Waals surface area (Å²) in [6.07, 6.45) is -1.59. The molecule has 0 bridgehead atoms. The number of fused-ring (bicyclic) bond motifs is 1. The minimum Gasteiger partial charge on any atom is -0.365 e. The molecule has 152 valence electrons. The summed E-state index contributed by atoms with van der Waals surface area (Å²) in [4.78, 5) is 15.7. The third-order valence-electron chi connectivity index (χ3n) is 5.26. The molecule has 1 aliphatic rings. The van der Waals surface area contributed by atoms with Crippen LogP contribution >= 0.6 is 0 Å². The van der Waals surface area contributed by atoms with Crippen LogP contribution in [-0.4, -0.2) is 32.9 Å². The van der Waals surface area contributed by atoms with E-state index in [1.165, 1.54) is 12.1 Å². The summed E-state index contributed by atoms with van der Waals surface area (Å²) < 4.78 is 39.8. The molecule has 2 aromatic heterocycles. The lowest BCUT2D eigenvalue weighted by atomic mass is 9.97. The number of nitrogens with one attached hydrogen (secondary N) is 1. The summed E-state index contributed by atoms with van der Waals surface area (Å²) >= 11 is 0. The van der Waals surface area contributed by atoms with Crippen molar-refractivity contribution in [3.05, 3.63) is 59.5 Å². The van der Waals surface area contributed by atoms with Gasteiger partial charge in [-0.2, -0.15) is 13.2 Å². The van der Waals surface area contributed by atoms with Gasteiger partial charge in [0, 0.05) is 25.8 Å². The first-order valence-electron chi connectivity index (χ1n) is 9.67. The van der Waals surface area contributed by atoms with E-state index in [2.05, 4.69) is 32.1 Å². The minimum atomic E-state index is -4.40. The lowest BCUT2D eigenvalue weighted by Crippen LogP contribution is -2.45. The van der Waals surface area contributed by atoms with Gasteiger partial charge in [0.05, 0.1) is 17.5 Å². The summed E-state index contributed by atoms with van der Waals surface area (Å²) in [6.45, 7) is 4.83. The van der Waals surface area contributed by atoms with Crippen molar-refractivity contribution in [3.8, 4) is 0 Å². The first-order chi connectivity index (χ1) is 13.9. The fourth-order valence-corrected chi connectivity index (χ4v) is 3.61. The van der Waals surface area contributed by atoms with Crippen molar-refractivity contribution in [2.75, 3.05) is 18.4 Å². The molecule has 0 unspecified atom stereocenters. The third-order valence-corrected chi connectivity index (χ3v) is 5.26. The lowest BCUT2D eigenvalue weighted by molar-refractivity contribution is -0.138. The van der Waals surface area contributed by atoms with Crippen molar-refractivity contribution in [2.24, 2.45) is 5.92 Å². The molecule has 4 rings (SSSR count). The fraction of sp³-hybridized carbons (Fsp3) is 0.381. The SMILES string of the molecule is CCC1CN(Cc2nc(NCc3ccccc3C(F)(F)F)c3cccnc3n2)C1. The second-order valence-electron chi connectivity index (χ2n) is 7.34. The Balaban J connectivity index is 1.58. The van der Waals surface area contributed by atoms with E-state index in [0.29, 0.717) is 35.1 Å². The maximum absolute atomic E-state index is 13.3. The monoisotopic (exact) mass is 401 g/mol. The van der Waals surface area contributed by atoms with Gasteiger partial charge in [-0.15, -0.1) is 0 Å². The maximum atomic E-state index is 13.3. The Morgan fingerprint density at radius 3 is 2.66 bits per heavy atom. The highest BCUT2D eigenvalue weighted by molar-refractivity contribution is 5.86. The highest BCUT2D eigenvalue weighted by Gasteiger charge is 2.32. The van der Waals surface area contributed by atoms with Crippen LogP contribution in [0.4, 0.5) is 19.0 Å². The molecule has 0 radical (unpaired) electrons. The normalized spacial score (nSPS) is 15.4. The quantitative estimate of drug-likeness (QED) is 0.659. The third kappa shape index (κ3) is 4.32. The molecule has 1 aliphatic heterocycles. The summed E-state index contributed by atoms with van der Waals surface area (Å²) in [6, 6.07) is 9.15. The molecule has 0 atom stereocenters. The highest BCUT2D eigenvalue weighted by Crippen LogP contribution is 2.32. The van der Waals surface area contributed by atoms with Gasteiger partial charge < -0.3 is 5.32 Å². The van der Waals surface area contributed by atoms with Gasteiger partial charge in [0.2, 0.25) is 0 Å². The van der Waals surface area contributed by atoms with Crippen LogP contribution in [0.2, 0.25) is 0 Å². The molecule has 1 saturated heterocycles. The van der Waals surface area contributed by atoms with E-state index in [1.807, 2.05) is 6.07 Å². The summed E-state index contributed by atoms with van der Waals surface area (Å²) in [5, 5.41) is 3.77. The number of halogens is 3. The molecule has 1 N–H and O–H groups in total. The van der Waals surface area contributed by atoms with E-state index in [4.69, 9.17) is 0 Å². The summed E-state index contributed by atoms with van der Waals surface area (Å²) in [5.74, 6) is 1.84. The van der Waals surface area contributed by atoms with E-state index in [9.17, 15) is 13.2 Å². The molecule has 3 heterocycles. The lowest BCUT2D eigenvalue weighted by Gasteiger charge is -2.38. The van der Waals surface area contributed by atoms with Gasteiger partial charge >= 0.3 is 6.18 Å². The number of aromatic nitrogens is 3. The van der Waals surface area contributed by atoms with Gasteiger partial charge in [-0.3, -0.25) is 4.90 Å². The highest BCUT2D eigenvalue weighted by atomic mass is 19.4. The van der Waals surface area contributed by atoms with Crippen LogP contribution in [0.1, 0.15) is 30.3 Å². The average Bonchev–Trinajstić information content (AvgIpc) is 2.68. The Morgan fingerprint density at radius 1 is 1.10 bits per heavy atom. The summed E-state index contributed by atoms with van der Waals surface area (Å²) in [7, 11) is 0. The Labute approximate surface area is 167 Å². The van der Waals surface area contributed by atoms with E-state index in [1.54, 1.807) is 18.3 Å². The largest absolute Gasteiger partial charge is 0.416 e. The van der Waals surface area contributed by atoms with Gasteiger partial charge in [0.25, 0.3) is 0 Å². The molecule has 0 amide bonds. The van der Waals surface area contributed by atoms with Crippen LogP contribution in [-0.2, 0) is 19.3 Å². The number of benzene rings is 1. The van der Waals surface area contributed by atoms with Crippen molar-refractivity contribution < 1.29 is 13.2 Å². The molecule has 0 spiro atoms. The van der Waals surface area contributed by atoms with E-state index >= 15 is 0 Å². The second kappa shape index (κ2) is 7.94. The smallest absolute Gasteiger partial charge is 0.365 e. The molecule has 3 aromatic rings. The molecule has 29 heavy (non-hydrogen) atoms. The van der Waals surface area contributed by atoms with Crippen LogP contribution in [0.5, 0.6) is 0 Å². The summed E-state index contributed by atoms with van der Waals surface area (Å²) in [5.41, 5.74) is 0.0674. The minimum absolute atomic E-state index is 0.0117. The molecule has 0 saturated carbocycles. The first kappa shape index (κ1) is 19.6. The van der Waals surface area contributed by atoms with Gasteiger partial charge in [0.15, 0.2) is 5.65 Å². The Morgan fingerprint density at radius 2 is 1.90 bits per heavy atom. The number of anilines is 1. The standard InChI is InChI=1S/C21H22F3N5/c1-2-14-11-29(12-14)13-18-27-19-16(7-5-9-25-19)20(28-18)26-10-15-6-3-4-8-17(15)21(22,23)24/h3-9,14H,2,10-13H2,1H3,(H,25,26,27,28). The van der Waals surface area contributed by atoms with Crippen LogP contribution in [0.3, 0.4) is 0 Å². The number of rotatable bonds is 6. The van der Waals surface area contributed by atoms with E-state index in [-0.39, 0.29) is 12.1 Å². The molecule has 5 nitrogen and oxygen atoms in total. The maximum Gasteiger partial charge on any atom is 0.416 e. The Bertz CT molecular complexity index is 999. The zero-order valence-electron chi connectivity index (χ0n) is 16.1. The van der Waals surface area contributed by atoms with Crippen LogP contribution in [0, 0.1) is 5.92 Å². The number of pyridine rings is 1. The predicted molar refractivity (Wildman–Crippen MR) is 105 cm³/mol. The number of alkyl halides is 3. The van der Waals surface area contributed by atoms with Gasteiger partial charge in [-0.25, -0.2) is 15.0 Å². The van der Waals surface area contributed by atoms with Crippen LogP contribution < -0.4 is 5.32 Å². The van der Waals surface area contributed by atoms with Crippen molar-refractivity contribution in [3.63, 3.8) is 0 Å². The Hall–Kier alpha value is -2.74. The van der Waals surface area contributed by atoms with Crippen molar-refractivity contribution in [2.45, 2.75) is 32.6 Å². The zero-order chi connectivity index (χ0) is 20.4. The average molecular weight is 401 g/mol. The van der Waals surface area contributed by atoms with Gasteiger partial charge in [0.1, 0.15) is 11.6 Å².